The van der Waals surface area contributed by atoms with Gasteiger partial charge < -0.3 is 0 Å². The molecule has 0 amide bonds. The predicted molar refractivity (Wildman–Crippen MR) is 55.6 cm³/mol. The smallest absolute Gasteiger partial charge is 0.0646 e. The quantitative estimate of drug-likeness (QED) is 0.610. The van der Waals surface area contributed by atoms with Crippen LogP contribution in [0.1, 0.15) is 32.6 Å². The van der Waals surface area contributed by atoms with E-state index >= 15 is 0 Å². The van der Waals surface area contributed by atoms with Crippen molar-refractivity contribution in [3.8, 4) is 0 Å². The molecular weight excluding hydrogens is 160 g/mol. The molecular formula is C11H22N2. The minimum absolute atomic E-state index is 0.747. The third-order valence-electron chi connectivity index (χ3n) is 3.65. The fourth-order valence-electron chi connectivity index (χ4n) is 3.02. The molecule has 13 heavy (non-hydrogen) atoms. The van der Waals surface area contributed by atoms with Crippen molar-refractivity contribution < 1.29 is 0 Å². The molecule has 2 unspecified atom stereocenters. The second-order valence-corrected chi connectivity index (χ2v) is 4.76. The lowest BCUT2D eigenvalue weighted by Gasteiger charge is -2.43. The summed E-state index contributed by atoms with van der Waals surface area (Å²) < 4.78 is 0. The Morgan fingerprint density at radius 2 is 1.69 bits per heavy atom. The summed E-state index contributed by atoms with van der Waals surface area (Å²) in [6.45, 7) is 6.38. The monoisotopic (exact) mass is 182 g/mol. The highest BCUT2D eigenvalue weighted by Gasteiger charge is 2.32. The first-order chi connectivity index (χ1) is 6.29. The summed E-state index contributed by atoms with van der Waals surface area (Å²) in [6.07, 6.45) is 6.39. The lowest BCUT2D eigenvalue weighted by molar-refractivity contribution is 0.00856. The maximum atomic E-state index is 2.68. The van der Waals surface area contributed by atoms with Crippen molar-refractivity contribution in [1.29, 1.82) is 0 Å². The van der Waals surface area contributed by atoms with E-state index in [4.69, 9.17) is 0 Å². The van der Waals surface area contributed by atoms with Gasteiger partial charge in [0.25, 0.3) is 0 Å². The van der Waals surface area contributed by atoms with Gasteiger partial charge in [0.1, 0.15) is 0 Å². The van der Waals surface area contributed by atoms with Crippen molar-refractivity contribution >= 4 is 0 Å². The standard InChI is InChI=1S/C11H22N2/c1-10-6-5-7-12(2)11(10)13-8-3-4-9-13/h10-11H,3-9H2,1-2H3. The Balaban J connectivity index is 2.00. The third kappa shape index (κ3) is 1.89. The minimum atomic E-state index is 0.747. The molecule has 0 N–H and O–H groups in total. The molecule has 0 bridgehead atoms. The lowest BCUT2D eigenvalue weighted by atomic mass is 9.96. The molecule has 0 aromatic rings. The molecule has 2 heteroatoms. The summed E-state index contributed by atoms with van der Waals surface area (Å²) >= 11 is 0. The number of rotatable bonds is 1. The van der Waals surface area contributed by atoms with E-state index < -0.39 is 0 Å². The second-order valence-electron chi connectivity index (χ2n) is 4.76. The zero-order chi connectivity index (χ0) is 9.26. The van der Waals surface area contributed by atoms with Crippen molar-refractivity contribution in [2.75, 3.05) is 26.7 Å². The third-order valence-corrected chi connectivity index (χ3v) is 3.65. The molecule has 2 nitrogen and oxygen atoms in total. The molecule has 0 radical (unpaired) electrons. The highest BCUT2D eigenvalue weighted by Crippen LogP contribution is 2.27. The van der Waals surface area contributed by atoms with Gasteiger partial charge in [-0.3, -0.25) is 9.80 Å². The molecule has 2 rings (SSSR count). The summed E-state index contributed by atoms with van der Waals surface area (Å²) in [5.41, 5.74) is 0. The van der Waals surface area contributed by atoms with Gasteiger partial charge in [-0.05, 0) is 58.3 Å². The van der Waals surface area contributed by atoms with Crippen LogP contribution in [0.15, 0.2) is 0 Å². The van der Waals surface area contributed by atoms with Crippen LogP contribution in [-0.4, -0.2) is 42.6 Å². The molecule has 2 heterocycles. The summed E-state index contributed by atoms with van der Waals surface area (Å²) in [7, 11) is 2.29. The Morgan fingerprint density at radius 3 is 2.31 bits per heavy atom. The summed E-state index contributed by atoms with van der Waals surface area (Å²) in [6, 6.07) is 0. The van der Waals surface area contributed by atoms with Gasteiger partial charge in [-0.15, -0.1) is 0 Å². The molecule has 76 valence electrons. The summed E-state index contributed by atoms with van der Waals surface area (Å²) in [5, 5.41) is 0. The zero-order valence-electron chi connectivity index (χ0n) is 9.00. The van der Waals surface area contributed by atoms with Crippen LogP contribution in [0.4, 0.5) is 0 Å². The predicted octanol–water partition coefficient (Wildman–Crippen LogP) is 1.77. The van der Waals surface area contributed by atoms with Gasteiger partial charge in [-0.25, -0.2) is 0 Å². The van der Waals surface area contributed by atoms with E-state index in [1.165, 1.54) is 45.3 Å². The molecule has 2 atom stereocenters. The van der Waals surface area contributed by atoms with Gasteiger partial charge in [0.15, 0.2) is 0 Å². The first kappa shape index (κ1) is 9.47. The highest BCUT2D eigenvalue weighted by molar-refractivity contribution is 4.83. The summed E-state index contributed by atoms with van der Waals surface area (Å²) in [5.74, 6) is 0.872. The van der Waals surface area contributed by atoms with Crippen LogP contribution in [0.2, 0.25) is 0 Å². The molecule has 0 saturated carbocycles. The van der Waals surface area contributed by atoms with Crippen molar-refractivity contribution in [3.05, 3.63) is 0 Å². The van der Waals surface area contributed by atoms with Crippen LogP contribution < -0.4 is 0 Å². The van der Waals surface area contributed by atoms with E-state index in [1.54, 1.807) is 0 Å². The molecule has 0 spiro atoms. The number of hydrogen-bond acceptors (Lipinski definition) is 2. The highest BCUT2D eigenvalue weighted by atomic mass is 15.4. The van der Waals surface area contributed by atoms with E-state index in [0.29, 0.717) is 0 Å². The van der Waals surface area contributed by atoms with Crippen molar-refractivity contribution in [1.82, 2.24) is 9.80 Å². The second kappa shape index (κ2) is 3.97. The van der Waals surface area contributed by atoms with Crippen molar-refractivity contribution in [3.63, 3.8) is 0 Å². The topological polar surface area (TPSA) is 6.48 Å². The van der Waals surface area contributed by atoms with Gasteiger partial charge in [-0.2, -0.15) is 0 Å². The largest absolute Gasteiger partial charge is 0.291 e. The van der Waals surface area contributed by atoms with E-state index in [9.17, 15) is 0 Å². The zero-order valence-corrected chi connectivity index (χ0v) is 9.00. The number of hydrogen-bond donors (Lipinski definition) is 0. The molecule has 0 aromatic heterocycles. The molecule has 0 aromatic carbocycles. The summed E-state index contributed by atoms with van der Waals surface area (Å²) in [4.78, 5) is 5.24. The van der Waals surface area contributed by atoms with Gasteiger partial charge in [-0.1, -0.05) is 6.92 Å². The van der Waals surface area contributed by atoms with Crippen LogP contribution in [0.25, 0.3) is 0 Å². The molecule has 0 aliphatic carbocycles. The molecule has 2 fully saturated rings. The average molecular weight is 182 g/mol. The maximum absolute atomic E-state index is 2.68. The van der Waals surface area contributed by atoms with Crippen molar-refractivity contribution in [2.24, 2.45) is 5.92 Å². The molecule has 2 aliphatic heterocycles. The van der Waals surface area contributed by atoms with Crippen molar-refractivity contribution in [2.45, 2.75) is 38.8 Å². The van der Waals surface area contributed by atoms with Crippen LogP contribution in [0.5, 0.6) is 0 Å². The normalized spacial score (nSPS) is 38.3. The number of piperidine rings is 1. The van der Waals surface area contributed by atoms with Crippen LogP contribution in [0, 0.1) is 5.92 Å². The Morgan fingerprint density at radius 1 is 1.00 bits per heavy atom. The Bertz CT molecular complexity index is 153. The van der Waals surface area contributed by atoms with E-state index in [2.05, 4.69) is 23.8 Å². The van der Waals surface area contributed by atoms with E-state index in [-0.39, 0.29) is 0 Å². The minimum Gasteiger partial charge on any atom is -0.291 e. The fraction of sp³-hybridized carbons (Fsp3) is 1.00. The van der Waals surface area contributed by atoms with Gasteiger partial charge in [0.05, 0.1) is 6.17 Å². The fourth-order valence-corrected chi connectivity index (χ4v) is 3.02. The van der Waals surface area contributed by atoms with E-state index in [1.807, 2.05) is 0 Å². The van der Waals surface area contributed by atoms with E-state index in [0.717, 1.165) is 12.1 Å². The Hall–Kier alpha value is -0.0800. The van der Waals surface area contributed by atoms with Crippen LogP contribution in [0.3, 0.4) is 0 Å². The number of nitrogens with zero attached hydrogens (tertiary/aromatic N) is 2. The number of likely N-dealkylation sites (tertiary alicyclic amines) is 2. The Labute approximate surface area is 81.9 Å². The first-order valence-corrected chi connectivity index (χ1v) is 5.73. The van der Waals surface area contributed by atoms with Crippen LogP contribution >= 0.6 is 0 Å². The van der Waals surface area contributed by atoms with Gasteiger partial charge >= 0.3 is 0 Å². The average Bonchev–Trinajstić information content (AvgIpc) is 2.57. The SMILES string of the molecule is CC1CCCN(C)C1N1CCCC1. The maximum Gasteiger partial charge on any atom is 0.0646 e. The van der Waals surface area contributed by atoms with Gasteiger partial charge in [0.2, 0.25) is 0 Å². The lowest BCUT2D eigenvalue weighted by Crippen LogP contribution is -2.52. The van der Waals surface area contributed by atoms with Gasteiger partial charge in [0, 0.05) is 0 Å². The molecule has 2 saturated heterocycles. The Kier molecular flexibility index (Phi) is 2.89. The first-order valence-electron chi connectivity index (χ1n) is 5.73. The molecule has 2 aliphatic rings. The van der Waals surface area contributed by atoms with Crippen LogP contribution in [-0.2, 0) is 0 Å².